The van der Waals surface area contributed by atoms with Crippen LogP contribution in [-0.2, 0) is 10.2 Å². The van der Waals surface area contributed by atoms with Gasteiger partial charge in [0.2, 0.25) is 0 Å². The average Bonchev–Trinajstić information content (AvgIpc) is 3.27. The number of nitrogens with zero attached hydrogens (tertiary/aromatic N) is 2. The summed E-state index contributed by atoms with van der Waals surface area (Å²) in [7, 11) is -1.54. The summed E-state index contributed by atoms with van der Waals surface area (Å²) in [6.45, 7) is 5.05. The third kappa shape index (κ3) is 4.41. The molecule has 1 heterocycles. The molecule has 5 nitrogen and oxygen atoms in total. The molecule has 0 bridgehead atoms. The van der Waals surface area contributed by atoms with E-state index in [9.17, 15) is 8.42 Å². The van der Waals surface area contributed by atoms with E-state index in [0.29, 0.717) is 31.6 Å². The first-order valence-electron chi connectivity index (χ1n) is 7.98. The van der Waals surface area contributed by atoms with Crippen LogP contribution in [0.25, 0.3) is 0 Å². The van der Waals surface area contributed by atoms with Crippen molar-refractivity contribution in [3.8, 4) is 0 Å². The molecule has 2 aliphatic rings. The Balaban J connectivity index is 1.77. The third-order valence-electron chi connectivity index (χ3n) is 4.44. The molecular weight excluding hydrogens is 274 g/mol. The lowest BCUT2D eigenvalue weighted by molar-refractivity contribution is 0.247. The lowest BCUT2D eigenvalue weighted by Gasteiger charge is -2.34. The van der Waals surface area contributed by atoms with Crippen LogP contribution in [0.4, 0.5) is 0 Å². The van der Waals surface area contributed by atoms with Gasteiger partial charge in [-0.05, 0) is 44.6 Å². The lowest BCUT2D eigenvalue weighted by atomic mass is 9.97. The Morgan fingerprint density at radius 1 is 1.30 bits per heavy atom. The van der Waals surface area contributed by atoms with Crippen molar-refractivity contribution in [2.75, 3.05) is 33.2 Å². The minimum Gasteiger partial charge on any atom is -0.314 e. The van der Waals surface area contributed by atoms with Gasteiger partial charge in [-0.1, -0.05) is 13.3 Å². The molecule has 1 aliphatic heterocycles. The molecule has 6 heteroatoms. The number of hydrogen-bond acceptors (Lipinski definition) is 3. The summed E-state index contributed by atoms with van der Waals surface area (Å²) < 4.78 is 28.2. The molecule has 118 valence electrons. The van der Waals surface area contributed by atoms with E-state index in [2.05, 4.69) is 12.2 Å². The van der Waals surface area contributed by atoms with Crippen LogP contribution in [0.1, 0.15) is 45.4 Å². The summed E-state index contributed by atoms with van der Waals surface area (Å²) >= 11 is 0. The average molecular weight is 303 g/mol. The van der Waals surface area contributed by atoms with Gasteiger partial charge in [-0.3, -0.25) is 0 Å². The molecule has 0 aromatic heterocycles. The Morgan fingerprint density at radius 2 is 2.05 bits per heavy atom. The highest BCUT2D eigenvalue weighted by Gasteiger charge is 2.31. The molecule has 20 heavy (non-hydrogen) atoms. The summed E-state index contributed by atoms with van der Waals surface area (Å²) in [4.78, 5) is 0. The molecular formula is C14H29N3O2S. The first kappa shape index (κ1) is 16.2. The monoisotopic (exact) mass is 303 g/mol. The van der Waals surface area contributed by atoms with Gasteiger partial charge in [0, 0.05) is 32.7 Å². The summed E-state index contributed by atoms with van der Waals surface area (Å²) in [6, 6.07) is 0.698. The summed E-state index contributed by atoms with van der Waals surface area (Å²) in [5.41, 5.74) is 0. The second-order valence-corrected chi connectivity index (χ2v) is 8.22. The van der Waals surface area contributed by atoms with Crippen LogP contribution in [0.2, 0.25) is 0 Å². The molecule has 0 radical (unpaired) electrons. The van der Waals surface area contributed by atoms with Gasteiger partial charge in [-0.15, -0.1) is 0 Å². The molecule has 1 saturated heterocycles. The van der Waals surface area contributed by atoms with Crippen LogP contribution in [0, 0.1) is 5.92 Å². The van der Waals surface area contributed by atoms with E-state index in [4.69, 9.17) is 0 Å². The SMILES string of the molecule is CCC1CCCN(S(=O)(=O)N(C)CCCNC2CC2)C1. The van der Waals surface area contributed by atoms with E-state index in [1.807, 2.05) is 0 Å². The Labute approximate surface area is 123 Å². The van der Waals surface area contributed by atoms with Gasteiger partial charge in [0.1, 0.15) is 0 Å². The van der Waals surface area contributed by atoms with Crippen molar-refractivity contribution in [2.24, 2.45) is 5.92 Å². The second kappa shape index (κ2) is 7.20. The highest BCUT2D eigenvalue weighted by molar-refractivity contribution is 7.86. The van der Waals surface area contributed by atoms with Crippen molar-refractivity contribution in [1.82, 2.24) is 13.9 Å². The van der Waals surface area contributed by atoms with Crippen molar-refractivity contribution in [3.63, 3.8) is 0 Å². The second-order valence-electron chi connectivity index (χ2n) is 6.19. The van der Waals surface area contributed by atoms with Crippen molar-refractivity contribution >= 4 is 10.2 Å². The molecule has 2 fully saturated rings. The standard InChI is InChI=1S/C14H29N3O2S/c1-3-13-6-4-11-17(12-13)20(18,19)16(2)10-5-9-15-14-7-8-14/h13-15H,3-12H2,1-2H3. The largest absolute Gasteiger partial charge is 0.314 e. The molecule has 0 aromatic rings. The van der Waals surface area contributed by atoms with Crippen molar-refractivity contribution in [2.45, 2.75) is 51.5 Å². The Kier molecular flexibility index (Phi) is 5.84. The number of piperidine rings is 1. The van der Waals surface area contributed by atoms with Crippen LogP contribution in [0.3, 0.4) is 0 Å². The van der Waals surface area contributed by atoms with E-state index >= 15 is 0 Å². The molecule has 1 aliphatic carbocycles. The van der Waals surface area contributed by atoms with E-state index < -0.39 is 10.2 Å². The van der Waals surface area contributed by atoms with Gasteiger partial charge in [0.05, 0.1) is 0 Å². The van der Waals surface area contributed by atoms with Gasteiger partial charge in [-0.2, -0.15) is 17.0 Å². The highest BCUT2D eigenvalue weighted by Crippen LogP contribution is 2.22. The van der Waals surface area contributed by atoms with Crippen molar-refractivity contribution in [1.29, 1.82) is 0 Å². The Morgan fingerprint density at radius 3 is 2.70 bits per heavy atom. The topological polar surface area (TPSA) is 52.7 Å². The van der Waals surface area contributed by atoms with E-state index in [1.54, 1.807) is 11.4 Å². The predicted molar refractivity (Wildman–Crippen MR) is 81.8 cm³/mol. The van der Waals surface area contributed by atoms with Crippen LogP contribution in [0.15, 0.2) is 0 Å². The maximum atomic E-state index is 12.5. The first-order valence-corrected chi connectivity index (χ1v) is 9.38. The summed E-state index contributed by atoms with van der Waals surface area (Å²) in [5.74, 6) is 0.531. The summed E-state index contributed by atoms with van der Waals surface area (Å²) in [6.07, 6.45) is 6.67. The zero-order chi connectivity index (χ0) is 14.6. The molecule has 1 saturated carbocycles. The molecule has 1 N–H and O–H groups in total. The van der Waals surface area contributed by atoms with E-state index in [-0.39, 0.29) is 0 Å². The van der Waals surface area contributed by atoms with Gasteiger partial charge in [-0.25, -0.2) is 0 Å². The quantitative estimate of drug-likeness (QED) is 0.690. The molecule has 0 spiro atoms. The first-order chi connectivity index (χ1) is 9.54. The van der Waals surface area contributed by atoms with E-state index in [1.165, 1.54) is 17.1 Å². The smallest absolute Gasteiger partial charge is 0.281 e. The van der Waals surface area contributed by atoms with Crippen molar-refractivity contribution < 1.29 is 8.42 Å². The zero-order valence-electron chi connectivity index (χ0n) is 12.8. The fraction of sp³-hybridized carbons (Fsp3) is 1.00. The number of hydrogen-bond donors (Lipinski definition) is 1. The molecule has 0 amide bonds. The molecule has 0 aromatic carbocycles. The van der Waals surface area contributed by atoms with Gasteiger partial charge in [0.25, 0.3) is 10.2 Å². The Hall–Kier alpha value is -0.170. The maximum Gasteiger partial charge on any atom is 0.281 e. The number of nitrogens with one attached hydrogen (secondary N) is 1. The molecule has 2 rings (SSSR count). The van der Waals surface area contributed by atoms with Gasteiger partial charge < -0.3 is 5.32 Å². The van der Waals surface area contributed by atoms with Crippen LogP contribution >= 0.6 is 0 Å². The third-order valence-corrected chi connectivity index (χ3v) is 6.39. The zero-order valence-corrected chi connectivity index (χ0v) is 13.7. The van der Waals surface area contributed by atoms with E-state index in [0.717, 1.165) is 32.2 Å². The van der Waals surface area contributed by atoms with Gasteiger partial charge in [0.15, 0.2) is 0 Å². The van der Waals surface area contributed by atoms with Crippen LogP contribution < -0.4 is 5.32 Å². The van der Waals surface area contributed by atoms with Gasteiger partial charge >= 0.3 is 0 Å². The van der Waals surface area contributed by atoms with Crippen LogP contribution in [0.5, 0.6) is 0 Å². The fourth-order valence-electron chi connectivity index (χ4n) is 2.78. The lowest BCUT2D eigenvalue weighted by Crippen LogP contribution is -2.47. The Bertz CT molecular complexity index is 395. The predicted octanol–water partition coefficient (Wildman–Crippen LogP) is 1.43. The summed E-state index contributed by atoms with van der Waals surface area (Å²) in [5, 5.41) is 3.42. The maximum absolute atomic E-state index is 12.5. The normalized spacial score (nSPS) is 25.2. The number of rotatable bonds is 8. The molecule has 1 atom stereocenters. The fourth-order valence-corrected chi connectivity index (χ4v) is 4.29. The minimum atomic E-state index is -3.25. The van der Waals surface area contributed by atoms with Crippen LogP contribution in [-0.4, -0.2) is 56.3 Å². The minimum absolute atomic E-state index is 0.531. The van der Waals surface area contributed by atoms with Crippen molar-refractivity contribution in [3.05, 3.63) is 0 Å². The molecule has 1 unspecified atom stereocenters. The highest BCUT2D eigenvalue weighted by atomic mass is 32.2.